The maximum Gasteiger partial charge on any atom is 0.289 e. The summed E-state index contributed by atoms with van der Waals surface area (Å²) in [4.78, 5) is 14.0. The largest absolute Gasteiger partial charge is 0.367 e. The average molecular weight is 271 g/mol. The Hall–Kier alpha value is -1.40. The highest BCUT2D eigenvalue weighted by molar-refractivity contribution is 6.33. The van der Waals surface area contributed by atoms with Crippen molar-refractivity contribution in [3.63, 3.8) is 0 Å². The molecule has 1 aromatic heterocycles. The SMILES string of the molecule is O=[N+]([O-])c1cnc(NCC2CCCCN2)c(Cl)c1. The normalized spacial score (nSPS) is 19.5. The molecule has 1 aromatic rings. The van der Waals surface area contributed by atoms with E-state index in [0.717, 1.165) is 19.5 Å². The zero-order valence-electron chi connectivity index (χ0n) is 9.86. The smallest absolute Gasteiger partial charge is 0.289 e. The predicted octanol–water partition coefficient (Wildman–Crippen LogP) is 2.20. The van der Waals surface area contributed by atoms with Gasteiger partial charge in [0.05, 0.1) is 9.95 Å². The van der Waals surface area contributed by atoms with Gasteiger partial charge >= 0.3 is 0 Å². The molecule has 1 saturated heterocycles. The molecule has 2 heterocycles. The van der Waals surface area contributed by atoms with Gasteiger partial charge in [-0.05, 0) is 19.4 Å². The topological polar surface area (TPSA) is 80.1 Å². The number of nitrogens with one attached hydrogen (secondary N) is 2. The lowest BCUT2D eigenvalue weighted by molar-refractivity contribution is -0.385. The van der Waals surface area contributed by atoms with Crippen LogP contribution in [0.15, 0.2) is 12.3 Å². The number of nitro groups is 1. The molecule has 1 atom stereocenters. The maximum absolute atomic E-state index is 10.5. The lowest BCUT2D eigenvalue weighted by atomic mass is 10.1. The molecule has 1 unspecified atom stereocenters. The van der Waals surface area contributed by atoms with E-state index in [2.05, 4.69) is 15.6 Å². The number of hydrogen-bond acceptors (Lipinski definition) is 5. The molecule has 98 valence electrons. The molecular formula is C11H15ClN4O2. The van der Waals surface area contributed by atoms with E-state index in [1.807, 2.05) is 0 Å². The molecule has 1 aliphatic rings. The van der Waals surface area contributed by atoms with Crippen LogP contribution < -0.4 is 10.6 Å². The Kier molecular flexibility index (Phi) is 4.33. The first kappa shape index (κ1) is 13.0. The van der Waals surface area contributed by atoms with Crippen LogP contribution in [-0.4, -0.2) is 29.0 Å². The van der Waals surface area contributed by atoms with Crippen molar-refractivity contribution in [2.45, 2.75) is 25.3 Å². The first-order valence-electron chi connectivity index (χ1n) is 5.94. The molecule has 0 saturated carbocycles. The number of nitrogens with zero attached hydrogens (tertiary/aromatic N) is 2. The first-order chi connectivity index (χ1) is 8.66. The molecule has 0 radical (unpaired) electrons. The van der Waals surface area contributed by atoms with Gasteiger partial charge in [0, 0.05) is 18.7 Å². The molecule has 2 rings (SSSR count). The van der Waals surface area contributed by atoms with E-state index in [-0.39, 0.29) is 10.7 Å². The Morgan fingerprint density at radius 3 is 3.06 bits per heavy atom. The number of anilines is 1. The van der Waals surface area contributed by atoms with E-state index in [1.54, 1.807) is 0 Å². The lowest BCUT2D eigenvalue weighted by Gasteiger charge is -2.23. The third kappa shape index (κ3) is 3.30. The van der Waals surface area contributed by atoms with Gasteiger partial charge in [0.15, 0.2) is 0 Å². The quantitative estimate of drug-likeness (QED) is 0.648. The van der Waals surface area contributed by atoms with E-state index in [0.29, 0.717) is 11.9 Å². The van der Waals surface area contributed by atoms with Gasteiger partial charge in [-0.1, -0.05) is 18.0 Å². The van der Waals surface area contributed by atoms with Crippen LogP contribution in [0.25, 0.3) is 0 Å². The van der Waals surface area contributed by atoms with Gasteiger partial charge in [0.1, 0.15) is 12.0 Å². The highest BCUT2D eigenvalue weighted by atomic mass is 35.5. The molecule has 1 fully saturated rings. The summed E-state index contributed by atoms with van der Waals surface area (Å²) in [5.41, 5.74) is -0.0960. The van der Waals surface area contributed by atoms with Crippen LogP contribution in [0.2, 0.25) is 5.02 Å². The van der Waals surface area contributed by atoms with Crippen LogP contribution >= 0.6 is 11.6 Å². The molecular weight excluding hydrogens is 256 g/mol. The lowest BCUT2D eigenvalue weighted by Crippen LogP contribution is -2.39. The summed E-state index contributed by atoms with van der Waals surface area (Å²) < 4.78 is 0. The van der Waals surface area contributed by atoms with E-state index < -0.39 is 4.92 Å². The zero-order chi connectivity index (χ0) is 13.0. The van der Waals surface area contributed by atoms with E-state index >= 15 is 0 Å². The molecule has 7 heteroatoms. The minimum atomic E-state index is -0.509. The van der Waals surface area contributed by atoms with Crippen LogP contribution in [0.4, 0.5) is 11.5 Å². The van der Waals surface area contributed by atoms with Crippen LogP contribution in [0.5, 0.6) is 0 Å². The van der Waals surface area contributed by atoms with Gasteiger partial charge in [0.25, 0.3) is 5.69 Å². The van der Waals surface area contributed by atoms with Crippen LogP contribution in [0.1, 0.15) is 19.3 Å². The minimum absolute atomic E-state index is 0.0960. The maximum atomic E-state index is 10.5. The van der Waals surface area contributed by atoms with Gasteiger partial charge < -0.3 is 10.6 Å². The average Bonchev–Trinajstić information content (AvgIpc) is 2.38. The molecule has 18 heavy (non-hydrogen) atoms. The monoisotopic (exact) mass is 270 g/mol. The third-order valence-electron chi connectivity index (χ3n) is 2.97. The summed E-state index contributed by atoms with van der Waals surface area (Å²) in [5, 5.41) is 17.3. The van der Waals surface area contributed by atoms with Crippen LogP contribution in [0, 0.1) is 10.1 Å². The third-order valence-corrected chi connectivity index (χ3v) is 3.25. The van der Waals surface area contributed by atoms with E-state index in [1.165, 1.54) is 25.1 Å². The molecule has 0 bridgehead atoms. The fourth-order valence-electron chi connectivity index (χ4n) is 1.98. The second-order valence-corrected chi connectivity index (χ2v) is 4.72. The predicted molar refractivity (Wildman–Crippen MR) is 70.0 cm³/mol. The fourth-order valence-corrected chi connectivity index (χ4v) is 2.20. The Morgan fingerprint density at radius 1 is 1.61 bits per heavy atom. The van der Waals surface area contributed by atoms with Gasteiger partial charge in [-0.3, -0.25) is 10.1 Å². The zero-order valence-corrected chi connectivity index (χ0v) is 10.6. The second kappa shape index (κ2) is 5.97. The second-order valence-electron chi connectivity index (χ2n) is 4.31. The van der Waals surface area contributed by atoms with Crippen LogP contribution in [-0.2, 0) is 0 Å². The minimum Gasteiger partial charge on any atom is -0.367 e. The number of pyridine rings is 1. The van der Waals surface area contributed by atoms with E-state index in [4.69, 9.17) is 11.6 Å². The summed E-state index contributed by atoms with van der Waals surface area (Å²) >= 11 is 5.94. The Labute approximate surface area is 110 Å². The van der Waals surface area contributed by atoms with Gasteiger partial charge in [-0.15, -0.1) is 0 Å². The Morgan fingerprint density at radius 2 is 2.44 bits per heavy atom. The molecule has 0 amide bonds. The molecule has 0 aliphatic carbocycles. The van der Waals surface area contributed by atoms with Crippen molar-refractivity contribution in [1.82, 2.24) is 10.3 Å². The van der Waals surface area contributed by atoms with Crippen molar-refractivity contribution in [2.24, 2.45) is 0 Å². The summed E-state index contributed by atoms with van der Waals surface area (Å²) in [7, 11) is 0. The molecule has 0 aromatic carbocycles. The molecule has 6 nitrogen and oxygen atoms in total. The highest BCUT2D eigenvalue weighted by Crippen LogP contribution is 2.23. The summed E-state index contributed by atoms with van der Waals surface area (Å²) in [6.07, 6.45) is 4.77. The van der Waals surface area contributed by atoms with Crippen molar-refractivity contribution < 1.29 is 4.92 Å². The number of halogens is 1. The summed E-state index contributed by atoms with van der Waals surface area (Å²) in [6.45, 7) is 1.76. The fraction of sp³-hybridized carbons (Fsp3) is 0.545. The summed E-state index contributed by atoms with van der Waals surface area (Å²) in [5.74, 6) is 0.495. The standard InChI is InChI=1S/C11H15ClN4O2/c12-10-5-9(16(17)18)7-15-11(10)14-6-8-3-1-2-4-13-8/h5,7-8,13H,1-4,6H2,(H,14,15). The van der Waals surface area contributed by atoms with Gasteiger partial charge in [-0.25, -0.2) is 4.98 Å². The number of hydrogen-bond donors (Lipinski definition) is 2. The van der Waals surface area contributed by atoms with Crippen molar-refractivity contribution in [2.75, 3.05) is 18.4 Å². The van der Waals surface area contributed by atoms with Crippen molar-refractivity contribution in [3.05, 3.63) is 27.4 Å². The molecule has 0 spiro atoms. The van der Waals surface area contributed by atoms with Crippen LogP contribution in [0.3, 0.4) is 0 Å². The van der Waals surface area contributed by atoms with Crippen molar-refractivity contribution in [1.29, 1.82) is 0 Å². The Bertz CT molecular complexity index is 435. The number of aromatic nitrogens is 1. The first-order valence-corrected chi connectivity index (χ1v) is 6.32. The van der Waals surface area contributed by atoms with Crippen molar-refractivity contribution in [3.8, 4) is 0 Å². The highest BCUT2D eigenvalue weighted by Gasteiger charge is 2.14. The van der Waals surface area contributed by atoms with Crippen molar-refractivity contribution >= 4 is 23.1 Å². The number of rotatable bonds is 4. The Balaban J connectivity index is 1.94. The van der Waals surface area contributed by atoms with Gasteiger partial charge in [0.2, 0.25) is 0 Å². The molecule has 1 aliphatic heterocycles. The number of piperidine rings is 1. The van der Waals surface area contributed by atoms with Gasteiger partial charge in [-0.2, -0.15) is 0 Å². The summed E-state index contributed by atoms with van der Waals surface area (Å²) in [6, 6.07) is 1.72. The molecule has 2 N–H and O–H groups in total. The van der Waals surface area contributed by atoms with E-state index in [9.17, 15) is 10.1 Å².